The Kier molecular flexibility index (Phi) is 4.20. The van der Waals surface area contributed by atoms with Crippen molar-refractivity contribution in [2.75, 3.05) is 7.11 Å². The third-order valence-electron chi connectivity index (χ3n) is 2.02. The van der Waals surface area contributed by atoms with Gasteiger partial charge in [-0.25, -0.2) is 0 Å². The van der Waals surface area contributed by atoms with E-state index in [1.807, 2.05) is 6.07 Å². The van der Waals surface area contributed by atoms with E-state index in [4.69, 9.17) is 5.26 Å². The second kappa shape index (κ2) is 5.42. The normalized spacial score (nSPS) is 9.31. The van der Waals surface area contributed by atoms with Crippen LogP contribution in [0.1, 0.15) is 21.5 Å². The summed E-state index contributed by atoms with van der Waals surface area (Å²) in [6.45, 7) is 0. The van der Waals surface area contributed by atoms with Crippen LogP contribution in [0.25, 0.3) is 0 Å². The average Bonchev–Trinajstić information content (AvgIpc) is 2.30. The number of carbonyl (C=O) groups is 2. The van der Waals surface area contributed by atoms with Gasteiger partial charge in [0, 0.05) is 10.0 Å². The second-order valence-corrected chi connectivity index (χ2v) is 3.87. The summed E-state index contributed by atoms with van der Waals surface area (Å²) in [7, 11) is 1.28. The van der Waals surface area contributed by atoms with Crippen LogP contribution in [0.2, 0.25) is 0 Å². The van der Waals surface area contributed by atoms with E-state index < -0.39 is 5.97 Å². The fourth-order valence-corrected chi connectivity index (χ4v) is 1.84. The van der Waals surface area contributed by atoms with Crippen molar-refractivity contribution >= 4 is 28.2 Å². The van der Waals surface area contributed by atoms with Gasteiger partial charge in [0.2, 0.25) is 0 Å². The maximum absolute atomic E-state index is 11.1. The molecule has 0 unspecified atom stereocenters. The van der Waals surface area contributed by atoms with Crippen molar-refractivity contribution < 1.29 is 14.3 Å². The topological polar surface area (TPSA) is 67.2 Å². The number of rotatable bonds is 3. The minimum Gasteiger partial charge on any atom is -0.469 e. The van der Waals surface area contributed by atoms with Crippen LogP contribution in [0.5, 0.6) is 0 Å². The van der Waals surface area contributed by atoms with Gasteiger partial charge in [-0.1, -0.05) is 15.9 Å². The maximum Gasteiger partial charge on any atom is 0.310 e. The van der Waals surface area contributed by atoms with E-state index in [9.17, 15) is 9.59 Å². The first-order valence-corrected chi connectivity index (χ1v) is 5.16. The van der Waals surface area contributed by atoms with Gasteiger partial charge in [-0.15, -0.1) is 0 Å². The molecule has 0 bridgehead atoms. The van der Waals surface area contributed by atoms with Gasteiger partial charge < -0.3 is 4.74 Å². The third-order valence-corrected chi connectivity index (χ3v) is 2.73. The Labute approximate surface area is 101 Å². The largest absolute Gasteiger partial charge is 0.469 e. The molecule has 1 rings (SSSR count). The molecule has 0 fully saturated rings. The van der Waals surface area contributed by atoms with Crippen molar-refractivity contribution in [3.05, 3.63) is 33.3 Å². The SMILES string of the molecule is COC(=O)Cc1c(Br)cc(C=O)cc1C#N. The molecule has 16 heavy (non-hydrogen) atoms. The molecule has 0 aliphatic carbocycles. The molecule has 0 N–H and O–H groups in total. The number of ether oxygens (including phenoxy) is 1. The highest BCUT2D eigenvalue weighted by atomic mass is 79.9. The lowest BCUT2D eigenvalue weighted by Crippen LogP contribution is -2.07. The number of benzene rings is 1. The Morgan fingerprint density at radius 1 is 1.62 bits per heavy atom. The van der Waals surface area contributed by atoms with Gasteiger partial charge in [-0.2, -0.15) is 5.26 Å². The molecule has 4 nitrogen and oxygen atoms in total. The fraction of sp³-hybridized carbons (Fsp3) is 0.182. The van der Waals surface area contributed by atoms with E-state index in [2.05, 4.69) is 20.7 Å². The van der Waals surface area contributed by atoms with Crippen molar-refractivity contribution in [1.82, 2.24) is 0 Å². The van der Waals surface area contributed by atoms with E-state index in [-0.39, 0.29) is 6.42 Å². The number of hydrogen-bond donors (Lipinski definition) is 0. The second-order valence-electron chi connectivity index (χ2n) is 3.01. The molecule has 1 aromatic carbocycles. The molecule has 0 aliphatic heterocycles. The quantitative estimate of drug-likeness (QED) is 0.626. The Balaban J connectivity index is 3.23. The number of hydrogen-bond acceptors (Lipinski definition) is 4. The van der Waals surface area contributed by atoms with Gasteiger partial charge in [0.15, 0.2) is 0 Å². The van der Waals surface area contributed by atoms with Gasteiger partial charge in [0.1, 0.15) is 6.29 Å². The van der Waals surface area contributed by atoms with Crippen LogP contribution in [0, 0.1) is 11.3 Å². The van der Waals surface area contributed by atoms with E-state index >= 15 is 0 Å². The highest BCUT2D eigenvalue weighted by Crippen LogP contribution is 2.23. The summed E-state index contributed by atoms with van der Waals surface area (Å²) in [6.07, 6.45) is 0.645. The highest BCUT2D eigenvalue weighted by Gasteiger charge is 2.13. The fourth-order valence-electron chi connectivity index (χ4n) is 1.22. The first kappa shape index (κ1) is 12.4. The summed E-state index contributed by atoms with van der Waals surface area (Å²) >= 11 is 3.22. The molecule has 0 heterocycles. The van der Waals surface area contributed by atoms with Crippen molar-refractivity contribution in [3.8, 4) is 6.07 Å². The molecule has 0 amide bonds. The van der Waals surface area contributed by atoms with Gasteiger partial charge in [0.05, 0.1) is 25.2 Å². The number of halogens is 1. The predicted octanol–water partition coefficient (Wildman–Crippen LogP) is 1.85. The van der Waals surface area contributed by atoms with Gasteiger partial charge in [-0.3, -0.25) is 9.59 Å². The summed E-state index contributed by atoms with van der Waals surface area (Å²) < 4.78 is 5.08. The van der Waals surface area contributed by atoms with Crippen LogP contribution in [-0.2, 0) is 16.0 Å². The van der Waals surface area contributed by atoms with Crippen molar-refractivity contribution in [1.29, 1.82) is 5.26 Å². The standard InChI is InChI=1S/C11H8BrNO3/c1-16-11(15)4-9-8(5-13)2-7(6-14)3-10(9)12/h2-3,6H,4H2,1H3. The highest BCUT2D eigenvalue weighted by molar-refractivity contribution is 9.10. The molecular formula is C11H8BrNO3. The molecule has 0 radical (unpaired) electrons. The molecule has 0 atom stereocenters. The molecule has 0 saturated carbocycles. The lowest BCUT2D eigenvalue weighted by molar-refractivity contribution is -0.139. The number of methoxy groups -OCH3 is 1. The summed E-state index contributed by atoms with van der Waals surface area (Å²) in [6, 6.07) is 4.95. The van der Waals surface area contributed by atoms with Gasteiger partial charge in [-0.05, 0) is 17.7 Å². The Morgan fingerprint density at radius 2 is 2.31 bits per heavy atom. The van der Waals surface area contributed by atoms with E-state index in [0.29, 0.717) is 27.4 Å². The first-order chi connectivity index (χ1) is 7.62. The van der Waals surface area contributed by atoms with Gasteiger partial charge >= 0.3 is 5.97 Å². The summed E-state index contributed by atoms with van der Waals surface area (Å²) in [5.41, 5.74) is 1.21. The van der Waals surface area contributed by atoms with Crippen LogP contribution in [0.15, 0.2) is 16.6 Å². The minimum absolute atomic E-state index is 0.000879. The zero-order valence-electron chi connectivity index (χ0n) is 8.49. The lowest BCUT2D eigenvalue weighted by atomic mass is 10.0. The number of aldehydes is 1. The number of nitriles is 1. The summed E-state index contributed by atoms with van der Waals surface area (Å²) in [5, 5.41) is 8.91. The Bertz CT molecular complexity index is 477. The first-order valence-electron chi connectivity index (χ1n) is 4.37. The monoisotopic (exact) mass is 281 g/mol. The van der Waals surface area contributed by atoms with Gasteiger partial charge in [0.25, 0.3) is 0 Å². The van der Waals surface area contributed by atoms with E-state index in [1.54, 1.807) is 6.07 Å². The molecule has 5 heteroatoms. The Hall–Kier alpha value is -1.67. The van der Waals surface area contributed by atoms with E-state index in [0.717, 1.165) is 0 Å². The number of carbonyl (C=O) groups excluding carboxylic acids is 2. The molecule has 1 aromatic rings. The number of esters is 1. The van der Waals surface area contributed by atoms with Crippen LogP contribution in [0.4, 0.5) is 0 Å². The van der Waals surface area contributed by atoms with E-state index in [1.165, 1.54) is 13.2 Å². The lowest BCUT2D eigenvalue weighted by Gasteiger charge is -2.06. The minimum atomic E-state index is -0.434. The van der Waals surface area contributed by atoms with Crippen molar-refractivity contribution in [3.63, 3.8) is 0 Å². The predicted molar refractivity (Wildman–Crippen MR) is 60.0 cm³/mol. The van der Waals surface area contributed by atoms with Crippen molar-refractivity contribution in [2.24, 2.45) is 0 Å². The third kappa shape index (κ3) is 2.67. The molecule has 0 saturated heterocycles. The van der Waals surface area contributed by atoms with Crippen LogP contribution < -0.4 is 0 Å². The van der Waals surface area contributed by atoms with Crippen LogP contribution >= 0.6 is 15.9 Å². The van der Waals surface area contributed by atoms with Crippen LogP contribution in [-0.4, -0.2) is 19.4 Å². The zero-order chi connectivity index (χ0) is 12.1. The van der Waals surface area contributed by atoms with Crippen molar-refractivity contribution in [2.45, 2.75) is 6.42 Å². The summed E-state index contributed by atoms with van der Waals surface area (Å²) in [5.74, 6) is -0.434. The number of nitrogens with zero attached hydrogens (tertiary/aromatic N) is 1. The molecule has 82 valence electrons. The average molecular weight is 282 g/mol. The zero-order valence-corrected chi connectivity index (χ0v) is 10.1. The molecule has 0 aliphatic rings. The molecule has 0 spiro atoms. The molecule has 0 aromatic heterocycles. The van der Waals surface area contributed by atoms with Crippen LogP contribution in [0.3, 0.4) is 0 Å². The Morgan fingerprint density at radius 3 is 2.81 bits per heavy atom. The smallest absolute Gasteiger partial charge is 0.310 e. The molecular weight excluding hydrogens is 274 g/mol. The maximum atomic E-state index is 11.1. The summed E-state index contributed by atoms with van der Waals surface area (Å²) in [4.78, 5) is 21.7.